The molecule has 142 valence electrons. The topological polar surface area (TPSA) is 35.9 Å². The van der Waals surface area contributed by atoms with Crippen LogP contribution in [-0.4, -0.2) is 18.7 Å². The Balaban J connectivity index is 1.48. The first-order chi connectivity index (χ1) is 14.1. The zero-order chi connectivity index (χ0) is 20.0. The number of para-hydroxylation sites is 2. The molecule has 5 heteroatoms. The fraction of sp³-hybridized carbons (Fsp3) is 0.0833. The van der Waals surface area contributed by atoms with Crippen LogP contribution in [-0.2, 0) is 4.79 Å². The van der Waals surface area contributed by atoms with Crippen LogP contribution in [0.5, 0.6) is 0 Å². The molecule has 0 atom stereocenters. The van der Waals surface area contributed by atoms with E-state index in [1.165, 1.54) is 26.2 Å². The van der Waals surface area contributed by atoms with Crippen LogP contribution >= 0.6 is 11.8 Å². The van der Waals surface area contributed by atoms with Gasteiger partial charge in [0.1, 0.15) is 0 Å². The molecule has 0 unspecified atom stereocenters. The van der Waals surface area contributed by atoms with E-state index < -0.39 is 0 Å². The summed E-state index contributed by atoms with van der Waals surface area (Å²) in [6.45, 7) is 1.88. The van der Waals surface area contributed by atoms with E-state index in [1.54, 1.807) is 11.8 Å². The Hall–Kier alpha value is -3.31. The molecule has 0 fully saturated rings. The Bertz CT molecular complexity index is 1180. The summed E-state index contributed by atoms with van der Waals surface area (Å²) < 4.78 is 0. The van der Waals surface area contributed by atoms with Crippen LogP contribution in [0.3, 0.4) is 0 Å². The number of nitrogens with zero attached hydrogens (tertiary/aromatic N) is 3. The van der Waals surface area contributed by atoms with Crippen LogP contribution in [0.1, 0.15) is 12.5 Å². The quantitative estimate of drug-likeness (QED) is 0.519. The third-order valence-electron chi connectivity index (χ3n) is 5.17. The molecule has 2 aliphatic rings. The minimum atomic E-state index is -0.0958. The smallest absolute Gasteiger partial charge is 0.280 e. The summed E-state index contributed by atoms with van der Waals surface area (Å²) in [6.07, 6.45) is 1.94. The van der Waals surface area contributed by atoms with Crippen molar-refractivity contribution in [1.29, 1.82) is 0 Å². The number of amides is 1. The molecule has 5 rings (SSSR count). The van der Waals surface area contributed by atoms with E-state index in [0.29, 0.717) is 5.57 Å². The van der Waals surface area contributed by atoms with Crippen LogP contribution in [0.4, 0.5) is 17.1 Å². The molecule has 3 aromatic carbocycles. The minimum absolute atomic E-state index is 0.0958. The summed E-state index contributed by atoms with van der Waals surface area (Å²) >= 11 is 1.76. The first-order valence-electron chi connectivity index (χ1n) is 9.43. The monoisotopic (exact) mass is 397 g/mol. The Morgan fingerprint density at radius 3 is 2.45 bits per heavy atom. The first kappa shape index (κ1) is 17.8. The summed E-state index contributed by atoms with van der Waals surface area (Å²) in [5.41, 5.74) is 5.51. The van der Waals surface area contributed by atoms with E-state index in [-0.39, 0.29) is 5.91 Å². The van der Waals surface area contributed by atoms with E-state index in [1.807, 2.05) is 43.3 Å². The number of hydrogen-bond donors (Lipinski definition) is 0. The number of anilines is 3. The molecule has 3 aromatic rings. The van der Waals surface area contributed by atoms with Crippen molar-refractivity contribution in [3.63, 3.8) is 0 Å². The van der Waals surface area contributed by atoms with Gasteiger partial charge in [0.25, 0.3) is 5.91 Å². The molecule has 4 nitrogen and oxygen atoms in total. The zero-order valence-corrected chi connectivity index (χ0v) is 17.0. The van der Waals surface area contributed by atoms with Gasteiger partial charge in [-0.15, -0.1) is 0 Å². The van der Waals surface area contributed by atoms with E-state index >= 15 is 0 Å². The van der Waals surface area contributed by atoms with Crippen molar-refractivity contribution >= 4 is 46.5 Å². The predicted molar refractivity (Wildman–Crippen MR) is 120 cm³/mol. The number of carbonyl (C=O) groups excluding carboxylic acids is 1. The maximum Gasteiger partial charge on any atom is 0.280 e. The third-order valence-corrected chi connectivity index (χ3v) is 6.28. The number of rotatable bonds is 2. The fourth-order valence-corrected chi connectivity index (χ4v) is 4.84. The van der Waals surface area contributed by atoms with E-state index in [4.69, 9.17) is 0 Å². The minimum Gasteiger partial charge on any atom is -0.343 e. The van der Waals surface area contributed by atoms with E-state index in [9.17, 15) is 4.79 Å². The van der Waals surface area contributed by atoms with Crippen molar-refractivity contribution in [2.75, 3.05) is 17.0 Å². The van der Waals surface area contributed by atoms with Gasteiger partial charge in [0, 0.05) is 16.8 Å². The molecular formula is C24H19N3OS. The highest BCUT2D eigenvalue weighted by molar-refractivity contribution is 7.99. The molecule has 1 amide bonds. The lowest BCUT2D eigenvalue weighted by Crippen LogP contribution is -2.21. The van der Waals surface area contributed by atoms with Gasteiger partial charge in [-0.3, -0.25) is 4.79 Å². The lowest BCUT2D eigenvalue weighted by atomic mass is 10.1. The van der Waals surface area contributed by atoms with Crippen LogP contribution < -0.4 is 9.91 Å². The van der Waals surface area contributed by atoms with Gasteiger partial charge in [-0.2, -0.15) is 10.1 Å². The van der Waals surface area contributed by atoms with E-state index in [0.717, 1.165) is 17.0 Å². The molecule has 0 saturated carbocycles. The van der Waals surface area contributed by atoms with Gasteiger partial charge in [-0.1, -0.05) is 48.2 Å². The molecule has 0 bridgehead atoms. The Labute approximate surface area is 174 Å². The summed E-state index contributed by atoms with van der Waals surface area (Å²) in [6, 6.07) is 24.2. The van der Waals surface area contributed by atoms with Crippen molar-refractivity contribution in [2.45, 2.75) is 16.7 Å². The second kappa shape index (κ2) is 6.94. The van der Waals surface area contributed by atoms with Gasteiger partial charge < -0.3 is 4.90 Å². The SMILES string of the molecule is CC1=NN(c2ccccc2)C(=O)C1=Cc1ccc2c(c1)Sc1ccccc1N2C. The highest BCUT2D eigenvalue weighted by Crippen LogP contribution is 2.47. The number of fused-ring (bicyclic) bond motifs is 2. The molecule has 29 heavy (non-hydrogen) atoms. The normalized spacial score (nSPS) is 16.7. The largest absolute Gasteiger partial charge is 0.343 e. The third kappa shape index (κ3) is 3.04. The number of carbonyl (C=O) groups is 1. The first-order valence-corrected chi connectivity index (χ1v) is 10.2. The number of hydrogen-bond acceptors (Lipinski definition) is 4. The molecule has 0 N–H and O–H groups in total. The van der Waals surface area contributed by atoms with Gasteiger partial charge >= 0.3 is 0 Å². The van der Waals surface area contributed by atoms with Crippen molar-refractivity contribution < 1.29 is 4.79 Å². The standard InChI is InChI=1S/C24H19N3OS/c1-16-19(24(28)27(25-16)18-8-4-3-5-9-18)14-17-12-13-21-23(15-17)29-22-11-7-6-10-20(22)26(21)2/h3-15H,1-2H3. The van der Waals surface area contributed by atoms with Crippen LogP contribution in [0, 0.1) is 0 Å². The van der Waals surface area contributed by atoms with Gasteiger partial charge in [-0.05, 0) is 55.0 Å². The van der Waals surface area contributed by atoms with Crippen molar-refractivity contribution in [3.05, 3.63) is 83.9 Å². The van der Waals surface area contributed by atoms with Gasteiger partial charge in [0.15, 0.2) is 0 Å². The highest BCUT2D eigenvalue weighted by atomic mass is 32.2. The van der Waals surface area contributed by atoms with Crippen molar-refractivity contribution in [2.24, 2.45) is 5.10 Å². The molecule has 0 aliphatic carbocycles. The van der Waals surface area contributed by atoms with Gasteiger partial charge in [0.2, 0.25) is 0 Å². The van der Waals surface area contributed by atoms with E-state index in [2.05, 4.69) is 59.5 Å². The second-order valence-corrected chi connectivity index (χ2v) is 8.14. The summed E-state index contributed by atoms with van der Waals surface area (Å²) in [7, 11) is 2.09. The lowest BCUT2D eigenvalue weighted by Gasteiger charge is -2.29. The number of benzene rings is 3. The molecule has 0 spiro atoms. The molecule has 0 radical (unpaired) electrons. The Morgan fingerprint density at radius 1 is 0.897 bits per heavy atom. The average molecular weight is 398 g/mol. The molecule has 2 aliphatic heterocycles. The zero-order valence-electron chi connectivity index (χ0n) is 16.2. The lowest BCUT2D eigenvalue weighted by molar-refractivity contribution is -0.114. The van der Waals surface area contributed by atoms with Gasteiger partial charge in [0.05, 0.1) is 28.3 Å². The van der Waals surface area contributed by atoms with Crippen LogP contribution in [0.2, 0.25) is 0 Å². The van der Waals surface area contributed by atoms with Gasteiger partial charge in [-0.25, -0.2) is 0 Å². The molecular weight excluding hydrogens is 378 g/mol. The van der Waals surface area contributed by atoms with Crippen LogP contribution in [0.25, 0.3) is 6.08 Å². The fourth-order valence-electron chi connectivity index (χ4n) is 3.64. The second-order valence-electron chi connectivity index (χ2n) is 7.05. The number of hydrazone groups is 1. The summed E-state index contributed by atoms with van der Waals surface area (Å²) in [5.74, 6) is -0.0958. The van der Waals surface area contributed by atoms with Crippen molar-refractivity contribution in [1.82, 2.24) is 0 Å². The average Bonchev–Trinajstić information content (AvgIpc) is 3.03. The van der Waals surface area contributed by atoms with Crippen LogP contribution in [0.15, 0.2) is 93.3 Å². The summed E-state index contributed by atoms with van der Waals surface area (Å²) in [4.78, 5) is 17.6. The maximum atomic E-state index is 13.0. The Morgan fingerprint density at radius 2 is 1.62 bits per heavy atom. The molecule has 0 saturated heterocycles. The predicted octanol–water partition coefficient (Wildman–Crippen LogP) is 5.73. The Kier molecular flexibility index (Phi) is 4.25. The maximum absolute atomic E-state index is 13.0. The summed E-state index contributed by atoms with van der Waals surface area (Å²) in [5, 5.41) is 5.94. The van der Waals surface area contributed by atoms with Crippen molar-refractivity contribution in [3.8, 4) is 0 Å². The molecule has 0 aromatic heterocycles. The molecule has 2 heterocycles. The highest BCUT2D eigenvalue weighted by Gasteiger charge is 2.29.